The summed E-state index contributed by atoms with van der Waals surface area (Å²) < 4.78 is 2.13. The first-order valence-electron chi connectivity index (χ1n) is 11.3. The van der Waals surface area contributed by atoms with Crippen molar-refractivity contribution in [2.45, 2.75) is 63.6 Å². The molecule has 2 aromatic heterocycles. The number of thioether (sulfide) groups is 1. The van der Waals surface area contributed by atoms with Crippen LogP contribution in [-0.2, 0) is 17.8 Å². The lowest BCUT2D eigenvalue weighted by Gasteiger charge is -2.21. The van der Waals surface area contributed by atoms with E-state index in [4.69, 9.17) is 23.2 Å². The quantitative estimate of drug-likeness (QED) is 0.306. The summed E-state index contributed by atoms with van der Waals surface area (Å²) in [4.78, 5) is 17.0. The minimum atomic E-state index is -0.127. The smallest absolute Gasteiger partial charge is 0.236 e. The van der Waals surface area contributed by atoms with Gasteiger partial charge in [-0.05, 0) is 37.5 Å². The van der Waals surface area contributed by atoms with Gasteiger partial charge in [-0.15, -0.1) is 21.5 Å². The van der Waals surface area contributed by atoms with Gasteiger partial charge in [-0.25, -0.2) is 4.98 Å². The van der Waals surface area contributed by atoms with Crippen LogP contribution < -0.4 is 5.32 Å². The molecule has 1 aliphatic carbocycles. The van der Waals surface area contributed by atoms with E-state index in [9.17, 15) is 4.79 Å². The second-order valence-electron chi connectivity index (χ2n) is 8.18. The molecule has 0 unspecified atom stereocenters. The minimum Gasteiger partial charge on any atom is -0.306 e. The van der Waals surface area contributed by atoms with Crippen LogP contribution in [0.3, 0.4) is 0 Å². The number of carbonyl (C=O) groups is 1. The summed E-state index contributed by atoms with van der Waals surface area (Å²) in [5.74, 6) is 1.96. The molecule has 3 aromatic rings. The molecule has 1 N–H and O–H groups in total. The second-order valence-corrected chi connectivity index (χ2v) is 10.8. The van der Waals surface area contributed by atoms with Gasteiger partial charge in [0.2, 0.25) is 5.91 Å². The number of hydrogen-bond acceptors (Lipinski definition) is 6. The zero-order chi connectivity index (χ0) is 23.2. The summed E-state index contributed by atoms with van der Waals surface area (Å²) in [7, 11) is 0. The van der Waals surface area contributed by atoms with Gasteiger partial charge in [-0.2, -0.15) is 0 Å². The molecule has 0 bridgehead atoms. The highest BCUT2D eigenvalue weighted by atomic mass is 35.5. The Morgan fingerprint density at radius 1 is 1.24 bits per heavy atom. The number of aromatic nitrogens is 4. The molecule has 0 aliphatic heterocycles. The van der Waals surface area contributed by atoms with Gasteiger partial charge in [0.1, 0.15) is 5.82 Å². The molecule has 4 rings (SSSR count). The Bertz CT molecular complexity index is 1090. The second kappa shape index (κ2) is 11.7. The van der Waals surface area contributed by atoms with E-state index in [1.807, 2.05) is 11.4 Å². The Labute approximate surface area is 212 Å². The Morgan fingerprint density at radius 2 is 2.06 bits per heavy atom. The van der Waals surface area contributed by atoms with Gasteiger partial charge in [0.15, 0.2) is 10.3 Å². The van der Waals surface area contributed by atoms with Gasteiger partial charge in [0, 0.05) is 28.9 Å². The van der Waals surface area contributed by atoms with E-state index in [-0.39, 0.29) is 11.7 Å². The predicted molar refractivity (Wildman–Crippen MR) is 138 cm³/mol. The largest absolute Gasteiger partial charge is 0.306 e. The average Bonchev–Trinajstić information content (AvgIpc) is 3.43. The fourth-order valence-corrected chi connectivity index (χ4v) is 6.23. The van der Waals surface area contributed by atoms with Crippen molar-refractivity contribution in [1.82, 2.24) is 19.7 Å². The highest BCUT2D eigenvalue weighted by Gasteiger charge is 2.18. The van der Waals surface area contributed by atoms with Gasteiger partial charge < -0.3 is 9.88 Å². The Hall–Kier alpha value is -1.61. The van der Waals surface area contributed by atoms with Crippen LogP contribution in [0.15, 0.2) is 28.7 Å². The van der Waals surface area contributed by atoms with E-state index in [1.165, 1.54) is 61.6 Å². The lowest BCUT2D eigenvalue weighted by molar-refractivity contribution is -0.113. The summed E-state index contributed by atoms with van der Waals surface area (Å²) in [5.41, 5.74) is 1.49. The van der Waals surface area contributed by atoms with Crippen LogP contribution in [0.4, 0.5) is 5.13 Å². The number of benzene rings is 1. The number of hydrogen-bond donors (Lipinski definition) is 1. The number of anilines is 1. The fraction of sp³-hybridized carbons (Fsp3) is 0.478. The van der Waals surface area contributed by atoms with Crippen molar-refractivity contribution in [2.75, 3.05) is 11.1 Å². The molecule has 1 amide bonds. The Morgan fingerprint density at radius 3 is 2.82 bits per heavy atom. The molecular formula is C23H27Cl2N5OS2. The van der Waals surface area contributed by atoms with Crippen molar-refractivity contribution in [3.63, 3.8) is 0 Å². The predicted octanol–water partition coefficient (Wildman–Crippen LogP) is 6.97. The third-order valence-electron chi connectivity index (χ3n) is 5.90. The van der Waals surface area contributed by atoms with Gasteiger partial charge in [0.25, 0.3) is 0 Å². The first-order chi connectivity index (χ1) is 16.0. The zero-order valence-corrected chi connectivity index (χ0v) is 21.7. The normalized spacial score (nSPS) is 14.5. The number of carbonyl (C=O) groups excluding carboxylic acids is 1. The van der Waals surface area contributed by atoms with Gasteiger partial charge in [0.05, 0.1) is 16.5 Å². The molecule has 2 heterocycles. The van der Waals surface area contributed by atoms with Gasteiger partial charge in [-0.1, -0.05) is 67.1 Å². The molecule has 1 fully saturated rings. The van der Waals surface area contributed by atoms with Crippen LogP contribution in [0.2, 0.25) is 10.0 Å². The van der Waals surface area contributed by atoms with Crippen LogP contribution in [0.1, 0.15) is 51.3 Å². The highest BCUT2D eigenvalue weighted by molar-refractivity contribution is 7.99. The molecule has 6 nitrogen and oxygen atoms in total. The number of nitrogens with zero attached hydrogens (tertiary/aromatic N) is 4. The zero-order valence-electron chi connectivity index (χ0n) is 18.5. The first-order valence-corrected chi connectivity index (χ1v) is 13.9. The molecule has 33 heavy (non-hydrogen) atoms. The minimum absolute atomic E-state index is 0.127. The molecule has 0 spiro atoms. The van der Waals surface area contributed by atoms with E-state index in [0.717, 1.165) is 35.4 Å². The topological polar surface area (TPSA) is 72.7 Å². The van der Waals surface area contributed by atoms with Crippen molar-refractivity contribution >= 4 is 57.3 Å². The molecule has 0 saturated heterocycles. The summed E-state index contributed by atoms with van der Waals surface area (Å²) in [6.45, 7) is 2.89. The third-order valence-corrected chi connectivity index (χ3v) is 8.17. The monoisotopic (exact) mass is 523 g/mol. The number of halogens is 2. The Kier molecular flexibility index (Phi) is 8.68. The van der Waals surface area contributed by atoms with Crippen LogP contribution in [0.5, 0.6) is 0 Å². The molecule has 1 saturated carbocycles. The van der Waals surface area contributed by atoms with Crippen molar-refractivity contribution in [3.05, 3.63) is 39.4 Å². The van der Waals surface area contributed by atoms with Crippen molar-refractivity contribution in [1.29, 1.82) is 0 Å². The van der Waals surface area contributed by atoms with Crippen LogP contribution >= 0.6 is 46.3 Å². The van der Waals surface area contributed by atoms with Crippen LogP contribution in [0, 0.1) is 5.92 Å². The summed E-state index contributed by atoms with van der Waals surface area (Å²) in [5, 5.41) is 15.9. The van der Waals surface area contributed by atoms with Crippen molar-refractivity contribution in [2.24, 2.45) is 5.92 Å². The molecule has 176 valence electrons. The standard InChI is InChI=1S/C23H27Cl2N5OS2/c1-2-30-20(11-8-15-6-4-3-5-7-15)28-29-23(30)33-14-21(31)27-22-26-19(13-32-22)17-10-9-16(24)12-18(17)25/h9-10,12-13,15H,2-8,11,14H2,1H3,(H,26,27,31). The van der Waals surface area contributed by atoms with Crippen molar-refractivity contribution in [3.8, 4) is 11.3 Å². The number of amides is 1. The molecular weight excluding hydrogens is 497 g/mol. The molecule has 1 aromatic carbocycles. The van der Waals surface area contributed by atoms with E-state index < -0.39 is 0 Å². The number of thiazole rings is 1. The molecule has 0 radical (unpaired) electrons. The lowest BCUT2D eigenvalue weighted by atomic mass is 9.86. The van der Waals surface area contributed by atoms with Crippen molar-refractivity contribution < 1.29 is 4.79 Å². The number of nitrogens with one attached hydrogen (secondary N) is 1. The SMILES string of the molecule is CCn1c(CCC2CCCCC2)nnc1SCC(=O)Nc1nc(-c2ccc(Cl)cc2Cl)cs1. The number of rotatable bonds is 9. The maximum Gasteiger partial charge on any atom is 0.236 e. The van der Waals surface area contributed by atoms with E-state index in [2.05, 4.69) is 32.0 Å². The van der Waals surface area contributed by atoms with Gasteiger partial charge in [-0.3, -0.25) is 4.79 Å². The fourth-order valence-electron chi connectivity index (χ4n) is 4.17. The van der Waals surface area contributed by atoms with E-state index in [1.54, 1.807) is 12.1 Å². The van der Waals surface area contributed by atoms with E-state index >= 15 is 0 Å². The van der Waals surface area contributed by atoms with Crippen LogP contribution in [-0.4, -0.2) is 31.4 Å². The maximum atomic E-state index is 12.5. The van der Waals surface area contributed by atoms with Gasteiger partial charge >= 0.3 is 0 Å². The average molecular weight is 525 g/mol. The maximum absolute atomic E-state index is 12.5. The van der Waals surface area contributed by atoms with E-state index in [0.29, 0.717) is 20.9 Å². The highest BCUT2D eigenvalue weighted by Crippen LogP contribution is 2.32. The number of aryl methyl sites for hydroxylation is 1. The Balaban J connectivity index is 1.31. The molecule has 1 aliphatic rings. The summed E-state index contributed by atoms with van der Waals surface area (Å²) >= 11 is 15.0. The molecule has 10 heteroatoms. The third kappa shape index (κ3) is 6.50. The first kappa shape index (κ1) is 24.5. The molecule has 0 atom stereocenters. The summed E-state index contributed by atoms with van der Waals surface area (Å²) in [6, 6.07) is 5.27. The van der Waals surface area contributed by atoms with Crippen LogP contribution in [0.25, 0.3) is 11.3 Å². The lowest BCUT2D eigenvalue weighted by Crippen LogP contribution is -2.14. The summed E-state index contributed by atoms with van der Waals surface area (Å²) in [6.07, 6.45) is 8.89.